The first-order valence-corrected chi connectivity index (χ1v) is 5.76. The Balaban J connectivity index is 2.33. The number of allylic oxidation sites excluding steroid dienone is 1. The highest BCUT2D eigenvalue weighted by Crippen LogP contribution is 2.24. The first-order chi connectivity index (χ1) is 8.22. The molecule has 2 rings (SSSR count). The van der Waals surface area contributed by atoms with Crippen molar-refractivity contribution in [3.63, 3.8) is 0 Å². The fraction of sp³-hybridized carbons (Fsp3) is 0.286. The van der Waals surface area contributed by atoms with Crippen LogP contribution < -0.4 is 5.32 Å². The van der Waals surface area contributed by atoms with E-state index < -0.39 is 0 Å². The molecule has 0 atom stereocenters. The van der Waals surface area contributed by atoms with Crippen molar-refractivity contribution in [2.75, 3.05) is 7.05 Å². The van der Waals surface area contributed by atoms with Crippen LogP contribution in [-0.4, -0.2) is 19.2 Å². The van der Waals surface area contributed by atoms with Crippen molar-refractivity contribution in [1.82, 2.24) is 5.32 Å². The summed E-state index contributed by atoms with van der Waals surface area (Å²) in [5, 5.41) is 2.64. The van der Waals surface area contributed by atoms with E-state index in [9.17, 15) is 4.79 Å². The molecule has 0 spiro atoms. The minimum atomic E-state index is -0.0373. The van der Waals surface area contributed by atoms with Crippen LogP contribution in [0.15, 0.2) is 29.4 Å². The molecule has 3 heteroatoms. The molecule has 1 amide bonds. The normalized spacial score (nSPS) is 14.4. The zero-order chi connectivity index (χ0) is 12.3. The molecular formula is C14H16N2O. The molecule has 0 saturated carbocycles. The van der Waals surface area contributed by atoms with Gasteiger partial charge in [0.2, 0.25) is 0 Å². The fourth-order valence-corrected chi connectivity index (χ4v) is 1.97. The molecule has 0 unspecified atom stereocenters. The Morgan fingerprint density at radius 3 is 2.82 bits per heavy atom. The average molecular weight is 228 g/mol. The van der Waals surface area contributed by atoms with Crippen LogP contribution in [0.5, 0.6) is 0 Å². The second-order valence-corrected chi connectivity index (χ2v) is 4.13. The van der Waals surface area contributed by atoms with Crippen LogP contribution in [0.4, 0.5) is 0 Å². The minimum Gasteiger partial charge on any atom is -0.355 e. The predicted molar refractivity (Wildman–Crippen MR) is 70.3 cm³/mol. The summed E-state index contributed by atoms with van der Waals surface area (Å²) >= 11 is 0. The molecule has 1 aliphatic heterocycles. The van der Waals surface area contributed by atoms with Gasteiger partial charge in [-0.25, -0.2) is 0 Å². The van der Waals surface area contributed by atoms with E-state index in [-0.39, 0.29) is 5.91 Å². The second-order valence-electron chi connectivity index (χ2n) is 4.13. The number of nitrogens with zero attached hydrogens (tertiary/aromatic N) is 1. The molecule has 0 fully saturated rings. The van der Waals surface area contributed by atoms with E-state index in [1.54, 1.807) is 7.05 Å². The zero-order valence-electron chi connectivity index (χ0n) is 10.2. The zero-order valence-corrected chi connectivity index (χ0v) is 10.2. The summed E-state index contributed by atoms with van der Waals surface area (Å²) in [6, 6.07) is 5.92. The van der Waals surface area contributed by atoms with E-state index in [2.05, 4.69) is 16.4 Å². The Bertz CT molecular complexity index is 501. The molecule has 0 bridgehead atoms. The van der Waals surface area contributed by atoms with Gasteiger partial charge in [0.1, 0.15) is 0 Å². The Labute approximate surface area is 101 Å². The third-order valence-electron chi connectivity index (χ3n) is 2.95. The molecular weight excluding hydrogens is 212 g/mol. The molecule has 0 aromatic heterocycles. The number of carbonyl (C=O) groups is 1. The van der Waals surface area contributed by atoms with Crippen molar-refractivity contribution in [2.45, 2.75) is 19.8 Å². The lowest BCUT2D eigenvalue weighted by molar-refractivity contribution is 0.0962. The topological polar surface area (TPSA) is 41.5 Å². The Morgan fingerprint density at radius 1 is 1.41 bits per heavy atom. The molecule has 17 heavy (non-hydrogen) atoms. The van der Waals surface area contributed by atoms with Gasteiger partial charge in [0, 0.05) is 25.0 Å². The molecule has 1 N–H and O–H groups in total. The van der Waals surface area contributed by atoms with E-state index in [4.69, 9.17) is 0 Å². The van der Waals surface area contributed by atoms with Crippen LogP contribution in [0, 0.1) is 6.92 Å². The smallest absolute Gasteiger partial charge is 0.251 e. The summed E-state index contributed by atoms with van der Waals surface area (Å²) in [5.41, 5.74) is 4.12. The van der Waals surface area contributed by atoms with Crippen molar-refractivity contribution < 1.29 is 4.79 Å². The predicted octanol–water partition coefficient (Wildman–Crippen LogP) is 2.56. The molecule has 3 nitrogen and oxygen atoms in total. The van der Waals surface area contributed by atoms with Crippen LogP contribution in [-0.2, 0) is 0 Å². The number of benzene rings is 1. The number of carbonyl (C=O) groups excluding carboxylic acids is 1. The molecule has 1 aromatic rings. The van der Waals surface area contributed by atoms with E-state index in [1.807, 2.05) is 31.5 Å². The summed E-state index contributed by atoms with van der Waals surface area (Å²) < 4.78 is 0. The number of aryl methyl sites for hydroxylation is 1. The number of amides is 1. The Kier molecular flexibility index (Phi) is 3.38. The molecule has 1 aromatic carbocycles. The van der Waals surface area contributed by atoms with E-state index in [1.165, 1.54) is 5.57 Å². The van der Waals surface area contributed by atoms with Gasteiger partial charge in [-0.1, -0.05) is 12.1 Å². The standard InChI is InChI=1S/C14H16N2O/c1-10-8-11(12-4-3-7-16-9-12)5-6-13(10)14(17)15-2/h5-9H,3-4H2,1-2H3,(H,15,17). The third kappa shape index (κ3) is 2.44. The third-order valence-corrected chi connectivity index (χ3v) is 2.95. The molecule has 0 saturated heterocycles. The molecule has 88 valence electrons. The fourth-order valence-electron chi connectivity index (χ4n) is 1.97. The molecule has 1 heterocycles. The summed E-state index contributed by atoms with van der Waals surface area (Å²) in [6.45, 7) is 1.96. The van der Waals surface area contributed by atoms with Crippen molar-refractivity contribution >= 4 is 17.7 Å². The number of hydrogen-bond acceptors (Lipinski definition) is 2. The quantitative estimate of drug-likeness (QED) is 0.830. The highest BCUT2D eigenvalue weighted by atomic mass is 16.1. The summed E-state index contributed by atoms with van der Waals surface area (Å²) in [7, 11) is 1.65. The largest absolute Gasteiger partial charge is 0.355 e. The highest BCUT2D eigenvalue weighted by molar-refractivity contribution is 5.95. The molecule has 0 radical (unpaired) electrons. The number of hydrogen-bond donors (Lipinski definition) is 1. The maximum atomic E-state index is 11.6. The summed E-state index contributed by atoms with van der Waals surface area (Å²) in [5.74, 6) is -0.0373. The number of nitrogens with one attached hydrogen (secondary N) is 1. The van der Waals surface area contributed by atoms with Gasteiger partial charge in [0.25, 0.3) is 5.91 Å². The first-order valence-electron chi connectivity index (χ1n) is 5.76. The lowest BCUT2D eigenvalue weighted by Crippen LogP contribution is -2.18. The van der Waals surface area contributed by atoms with E-state index in [0.29, 0.717) is 0 Å². The SMILES string of the molecule is CNC(=O)c1ccc(C2=CN=CCC2)cc1C. The maximum absolute atomic E-state index is 11.6. The number of rotatable bonds is 2. The van der Waals surface area contributed by atoms with Crippen LogP contribution in [0.3, 0.4) is 0 Å². The Hall–Kier alpha value is -1.90. The van der Waals surface area contributed by atoms with Crippen LogP contribution in [0.25, 0.3) is 5.57 Å². The van der Waals surface area contributed by atoms with Gasteiger partial charge in [-0.05, 0) is 42.5 Å². The van der Waals surface area contributed by atoms with Crippen molar-refractivity contribution in [3.8, 4) is 0 Å². The highest BCUT2D eigenvalue weighted by Gasteiger charge is 2.10. The van der Waals surface area contributed by atoms with Gasteiger partial charge in [-0.15, -0.1) is 0 Å². The Morgan fingerprint density at radius 2 is 2.24 bits per heavy atom. The molecule has 1 aliphatic rings. The second kappa shape index (κ2) is 4.95. The van der Waals surface area contributed by atoms with Crippen LogP contribution in [0.1, 0.15) is 34.3 Å². The van der Waals surface area contributed by atoms with Crippen molar-refractivity contribution in [2.24, 2.45) is 4.99 Å². The minimum absolute atomic E-state index is 0.0373. The lowest BCUT2D eigenvalue weighted by Gasteiger charge is -2.11. The average Bonchev–Trinajstić information content (AvgIpc) is 2.39. The van der Waals surface area contributed by atoms with Gasteiger partial charge < -0.3 is 5.32 Å². The van der Waals surface area contributed by atoms with Gasteiger partial charge in [0.15, 0.2) is 0 Å². The van der Waals surface area contributed by atoms with Crippen LogP contribution in [0.2, 0.25) is 0 Å². The summed E-state index contributed by atoms with van der Waals surface area (Å²) in [4.78, 5) is 15.7. The van der Waals surface area contributed by atoms with Crippen molar-refractivity contribution in [3.05, 3.63) is 41.1 Å². The van der Waals surface area contributed by atoms with Gasteiger partial charge >= 0.3 is 0 Å². The lowest BCUT2D eigenvalue weighted by atomic mass is 9.97. The molecule has 0 aliphatic carbocycles. The number of aliphatic imine (C=N–C) groups is 1. The monoisotopic (exact) mass is 228 g/mol. The summed E-state index contributed by atoms with van der Waals surface area (Å²) in [6.07, 6.45) is 5.83. The van der Waals surface area contributed by atoms with E-state index >= 15 is 0 Å². The maximum Gasteiger partial charge on any atom is 0.251 e. The van der Waals surface area contributed by atoms with E-state index in [0.717, 1.165) is 29.5 Å². The van der Waals surface area contributed by atoms with Crippen molar-refractivity contribution in [1.29, 1.82) is 0 Å². The van der Waals surface area contributed by atoms with Gasteiger partial charge in [-0.2, -0.15) is 0 Å². The van der Waals surface area contributed by atoms with Gasteiger partial charge in [0.05, 0.1) is 0 Å². The van der Waals surface area contributed by atoms with Gasteiger partial charge in [-0.3, -0.25) is 9.79 Å². The van der Waals surface area contributed by atoms with Crippen LogP contribution >= 0.6 is 0 Å². The first kappa shape index (κ1) is 11.6.